The summed E-state index contributed by atoms with van der Waals surface area (Å²) in [4.78, 5) is 13.2. The molecule has 176 valence electrons. The second-order valence-electron chi connectivity index (χ2n) is 7.40. The molecule has 0 aliphatic rings. The average Bonchev–Trinajstić information content (AvgIpc) is 3.28. The summed E-state index contributed by atoms with van der Waals surface area (Å²) in [7, 11) is 3.14. The molecular weight excluding hydrogens is 457 g/mol. The van der Waals surface area contributed by atoms with Gasteiger partial charge < -0.3 is 9.47 Å². The Balaban J connectivity index is 1.66. The smallest absolute Gasteiger partial charge is 0.239 e. The zero-order chi connectivity index (χ0) is 24.1. The van der Waals surface area contributed by atoms with Crippen LogP contribution >= 0.6 is 11.9 Å². The van der Waals surface area contributed by atoms with Crippen molar-refractivity contribution in [3.05, 3.63) is 72.1 Å². The predicted molar refractivity (Wildman–Crippen MR) is 128 cm³/mol. The van der Waals surface area contributed by atoms with Gasteiger partial charge in [-0.3, -0.25) is 9.29 Å². The fraction of sp³-hybridized carbons (Fsp3) is 0.261. The maximum Gasteiger partial charge on any atom is 0.239 e. The van der Waals surface area contributed by atoms with Crippen LogP contribution in [0, 0.1) is 12.7 Å². The number of nitrogens with one attached hydrogen (secondary N) is 1. The first-order valence-corrected chi connectivity index (χ1v) is 11.3. The molecule has 9 nitrogen and oxygen atoms in total. The Kier molecular flexibility index (Phi) is 7.33. The van der Waals surface area contributed by atoms with Crippen LogP contribution in [0.15, 0.2) is 54.9 Å². The van der Waals surface area contributed by atoms with Gasteiger partial charge in [-0.2, -0.15) is 0 Å². The summed E-state index contributed by atoms with van der Waals surface area (Å²) >= 11 is 1.35. The van der Waals surface area contributed by atoms with E-state index >= 15 is 0 Å². The molecule has 2 atom stereocenters. The van der Waals surface area contributed by atoms with Crippen molar-refractivity contribution in [1.29, 1.82) is 0 Å². The normalized spacial score (nSPS) is 12.9. The fourth-order valence-corrected chi connectivity index (χ4v) is 4.07. The zero-order valence-corrected chi connectivity index (χ0v) is 20.0. The van der Waals surface area contributed by atoms with E-state index in [1.54, 1.807) is 60.5 Å². The Morgan fingerprint density at radius 2 is 1.79 bits per heavy atom. The van der Waals surface area contributed by atoms with Crippen LogP contribution in [0.5, 0.6) is 5.88 Å². The molecule has 1 aromatic carbocycles. The van der Waals surface area contributed by atoms with Crippen molar-refractivity contribution in [2.24, 2.45) is 0 Å². The molecule has 3 heterocycles. The van der Waals surface area contributed by atoms with E-state index in [0.29, 0.717) is 29.2 Å². The number of nitrogens with zero attached hydrogens (tertiary/aromatic N) is 6. The lowest BCUT2D eigenvalue weighted by atomic mass is 10.2. The van der Waals surface area contributed by atoms with Gasteiger partial charge in [-0.25, -0.2) is 19.3 Å². The van der Waals surface area contributed by atoms with Crippen molar-refractivity contribution in [2.45, 2.75) is 25.2 Å². The molecule has 0 aliphatic heterocycles. The van der Waals surface area contributed by atoms with E-state index in [-0.39, 0.29) is 17.0 Å². The highest BCUT2D eigenvalue weighted by Crippen LogP contribution is 2.31. The summed E-state index contributed by atoms with van der Waals surface area (Å²) in [5, 5.41) is 8.44. The third-order valence-corrected chi connectivity index (χ3v) is 5.91. The molecule has 3 aromatic heterocycles. The largest absolute Gasteiger partial charge is 0.481 e. The van der Waals surface area contributed by atoms with Crippen LogP contribution in [0.1, 0.15) is 24.4 Å². The van der Waals surface area contributed by atoms with Crippen molar-refractivity contribution in [2.75, 3.05) is 18.9 Å². The van der Waals surface area contributed by atoms with Gasteiger partial charge in [0.15, 0.2) is 11.6 Å². The number of hydrogen-bond acceptors (Lipinski definition) is 9. The number of methoxy groups -OCH3 is 2. The topological polar surface area (TPSA) is 99.9 Å². The van der Waals surface area contributed by atoms with Crippen LogP contribution in [-0.2, 0) is 4.74 Å². The molecule has 0 fully saturated rings. The molecule has 34 heavy (non-hydrogen) atoms. The molecular formula is C23H24FN7O2S. The monoisotopic (exact) mass is 481 g/mol. The van der Waals surface area contributed by atoms with Crippen LogP contribution in [0.3, 0.4) is 0 Å². The van der Waals surface area contributed by atoms with Crippen molar-refractivity contribution < 1.29 is 13.9 Å². The number of para-hydroxylation sites is 1. The molecule has 4 aromatic rings. The molecule has 1 N–H and O–H groups in total. The van der Waals surface area contributed by atoms with Gasteiger partial charge in [-0.05, 0) is 49.6 Å². The SMILES string of the molecule is COc1cccc(-c2nnc(NSC(C)C(OC)c3ncc(C)cn3)n2-c2ccccc2F)n1. The van der Waals surface area contributed by atoms with Crippen molar-refractivity contribution >= 4 is 17.9 Å². The molecule has 0 bridgehead atoms. The number of anilines is 1. The van der Waals surface area contributed by atoms with E-state index in [1.165, 1.54) is 25.1 Å². The molecule has 0 amide bonds. The molecule has 2 unspecified atom stereocenters. The number of aryl methyl sites for hydroxylation is 1. The summed E-state index contributed by atoms with van der Waals surface area (Å²) in [6.45, 7) is 3.90. The summed E-state index contributed by atoms with van der Waals surface area (Å²) in [6.07, 6.45) is 3.13. The molecule has 4 rings (SSSR count). The first-order valence-electron chi connectivity index (χ1n) is 10.5. The third kappa shape index (κ3) is 5.00. The first-order chi connectivity index (χ1) is 16.5. The van der Waals surface area contributed by atoms with Crippen LogP contribution < -0.4 is 9.46 Å². The molecule has 0 radical (unpaired) electrons. The van der Waals surface area contributed by atoms with Gasteiger partial charge in [0.1, 0.15) is 17.6 Å². The van der Waals surface area contributed by atoms with Crippen LogP contribution in [0.4, 0.5) is 10.3 Å². The minimum Gasteiger partial charge on any atom is -0.481 e. The van der Waals surface area contributed by atoms with Crippen LogP contribution in [-0.4, -0.2) is 49.2 Å². The van der Waals surface area contributed by atoms with Crippen molar-refractivity contribution in [3.8, 4) is 23.1 Å². The highest BCUT2D eigenvalue weighted by molar-refractivity contribution is 8.01. The quantitative estimate of drug-likeness (QED) is 0.348. The average molecular weight is 482 g/mol. The minimum atomic E-state index is -0.421. The number of aromatic nitrogens is 6. The molecule has 0 saturated heterocycles. The van der Waals surface area contributed by atoms with Crippen molar-refractivity contribution in [1.82, 2.24) is 29.7 Å². The Bertz CT molecular complexity index is 1250. The highest BCUT2D eigenvalue weighted by Gasteiger charge is 2.25. The second kappa shape index (κ2) is 10.6. The number of benzene rings is 1. The molecule has 0 spiro atoms. The van der Waals surface area contributed by atoms with E-state index < -0.39 is 5.82 Å². The lowest BCUT2D eigenvalue weighted by molar-refractivity contribution is 0.0972. The van der Waals surface area contributed by atoms with Crippen LogP contribution in [0.25, 0.3) is 17.2 Å². The van der Waals surface area contributed by atoms with Gasteiger partial charge in [-0.1, -0.05) is 18.2 Å². The molecule has 0 saturated carbocycles. The van der Waals surface area contributed by atoms with Gasteiger partial charge >= 0.3 is 0 Å². The third-order valence-electron chi connectivity index (χ3n) is 4.99. The lowest BCUT2D eigenvalue weighted by Gasteiger charge is -2.21. The van der Waals surface area contributed by atoms with Gasteiger partial charge in [-0.15, -0.1) is 10.2 Å². The van der Waals surface area contributed by atoms with Crippen LogP contribution in [0.2, 0.25) is 0 Å². The number of hydrogen-bond donors (Lipinski definition) is 1. The highest BCUT2D eigenvalue weighted by atomic mass is 32.2. The summed E-state index contributed by atoms with van der Waals surface area (Å²) in [5.41, 5.74) is 1.74. The maximum absolute atomic E-state index is 14.8. The summed E-state index contributed by atoms with van der Waals surface area (Å²) < 4.78 is 30.5. The van der Waals surface area contributed by atoms with Gasteiger partial charge in [0.2, 0.25) is 11.8 Å². The molecule has 11 heteroatoms. The maximum atomic E-state index is 14.8. The fourth-order valence-electron chi connectivity index (χ4n) is 3.29. The zero-order valence-electron chi connectivity index (χ0n) is 19.1. The van der Waals surface area contributed by atoms with Gasteiger partial charge in [0.25, 0.3) is 0 Å². The predicted octanol–water partition coefficient (Wildman–Crippen LogP) is 4.41. The number of rotatable bonds is 9. The second-order valence-corrected chi connectivity index (χ2v) is 8.58. The Morgan fingerprint density at radius 1 is 1.03 bits per heavy atom. The Labute approximate surface area is 200 Å². The lowest BCUT2D eigenvalue weighted by Crippen LogP contribution is -2.19. The summed E-state index contributed by atoms with van der Waals surface area (Å²) in [6, 6.07) is 11.7. The standard InChI is InChI=1S/C23H24FN7O2S/c1-14-12-25-21(26-13-14)20(33-4)15(2)34-30-23-29-28-22(17-9-7-11-19(27-17)32-3)31(23)18-10-6-5-8-16(18)24/h5-13,15,20H,1-4H3,(H,29,30). The van der Waals surface area contributed by atoms with Gasteiger partial charge in [0.05, 0.1) is 18.0 Å². The minimum absolute atomic E-state index is 0.114. The molecule has 0 aliphatic carbocycles. The summed E-state index contributed by atoms with van der Waals surface area (Å²) in [5.74, 6) is 1.27. The van der Waals surface area contributed by atoms with E-state index in [1.807, 2.05) is 13.8 Å². The number of ether oxygens (including phenoxy) is 2. The van der Waals surface area contributed by atoms with E-state index in [2.05, 4.69) is 29.9 Å². The Morgan fingerprint density at radius 3 is 2.50 bits per heavy atom. The van der Waals surface area contributed by atoms with Gasteiger partial charge in [0, 0.05) is 25.6 Å². The Hall–Kier alpha value is -3.57. The van der Waals surface area contributed by atoms with Crippen molar-refractivity contribution in [3.63, 3.8) is 0 Å². The number of pyridine rings is 1. The van der Waals surface area contributed by atoms with E-state index in [4.69, 9.17) is 9.47 Å². The first kappa shape index (κ1) is 23.6. The van der Waals surface area contributed by atoms with E-state index in [0.717, 1.165) is 5.56 Å². The number of halogens is 1. The van der Waals surface area contributed by atoms with E-state index in [9.17, 15) is 4.39 Å².